The lowest BCUT2D eigenvalue weighted by Gasteiger charge is -2.29. The minimum Gasteiger partial charge on any atom is -0.481 e. The second kappa shape index (κ2) is 4.39. The van der Waals surface area contributed by atoms with Crippen LogP contribution in [0.5, 0.6) is 0 Å². The van der Waals surface area contributed by atoms with Crippen molar-refractivity contribution in [3.63, 3.8) is 0 Å². The highest BCUT2D eigenvalue weighted by Gasteiger charge is 2.39. The first-order valence-electron chi connectivity index (χ1n) is 4.87. The molecule has 1 fully saturated rings. The summed E-state index contributed by atoms with van der Waals surface area (Å²) >= 11 is 0. The maximum atomic E-state index is 10.7. The van der Waals surface area contributed by atoms with E-state index in [1.165, 1.54) is 0 Å². The Hall–Kier alpha value is -1.13. The van der Waals surface area contributed by atoms with Gasteiger partial charge in [-0.25, -0.2) is 0 Å². The number of hydrogen-bond acceptors (Lipinski definition) is 3. The van der Waals surface area contributed by atoms with E-state index in [2.05, 4.69) is 0 Å². The topological polar surface area (TPSA) is 80.4 Å². The Labute approximate surface area is 82.3 Å². The van der Waals surface area contributed by atoms with Crippen molar-refractivity contribution < 1.29 is 14.8 Å². The minimum absolute atomic E-state index is 0.0766. The molecule has 0 radical (unpaired) electrons. The second-order valence-corrected chi connectivity index (χ2v) is 4.02. The molecule has 0 aromatic rings. The van der Waals surface area contributed by atoms with Gasteiger partial charge in [-0.05, 0) is 18.8 Å². The molecule has 1 aliphatic carbocycles. The summed E-state index contributed by atoms with van der Waals surface area (Å²) < 4.78 is 0. The van der Waals surface area contributed by atoms with Crippen LogP contribution in [0.15, 0.2) is 0 Å². The van der Waals surface area contributed by atoms with E-state index in [4.69, 9.17) is 5.11 Å². The van der Waals surface area contributed by atoms with Crippen molar-refractivity contribution in [2.75, 3.05) is 0 Å². The van der Waals surface area contributed by atoms with Crippen molar-refractivity contribution in [1.29, 1.82) is 0 Å². The number of nitro groups is 1. The molecule has 0 aromatic heterocycles. The summed E-state index contributed by atoms with van der Waals surface area (Å²) in [6.45, 7) is 1.91. The Kier molecular flexibility index (Phi) is 3.43. The highest BCUT2D eigenvalue weighted by molar-refractivity contribution is 5.67. The summed E-state index contributed by atoms with van der Waals surface area (Å²) in [7, 11) is 0. The van der Waals surface area contributed by atoms with Crippen LogP contribution in [0.3, 0.4) is 0 Å². The number of carboxylic acid groups (broad SMARTS) is 1. The van der Waals surface area contributed by atoms with E-state index in [1.54, 1.807) is 0 Å². The first-order valence-corrected chi connectivity index (χ1v) is 4.87. The third-order valence-electron chi connectivity index (χ3n) is 3.07. The highest BCUT2D eigenvalue weighted by Crippen LogP contribution is 2.33. The molecule has 1 aliphatic rings. The number of rotatable bonds is 3. The van der Waals surface area contributed by atoms with Crippen LogP contribution in [0.2, 0.25) is 0 Å². The van der Waals surface area contributed by atoms with Crippen molar-refractivity contribution in [3.8, 4) is 0 Å². The molecule has 0 aromatic carbocycles. The molecule has 0 unspecified atom stereocenters. The Morgan fingerprint density at radius 1 is 1.57 bits per heavy atom. The van der Waals surface area contributed by atoms with Crippen molar-refractivity contribution >= 4 is 5.97 Å². The van der Waals surface area contributed by atoms with Crippen LogP contribution < -0.4 is 0 Å². The molecule has 1 N–H and O–H groups in total. The third kappa shape index (κ3) is 2.43. The molecule has 0 saturated heterocycles. The van der Waals surface area contributed by atoms with Gasteiger partial charge in [0.1, 0.15) is 0 Å². The fourth-order valence-electron chi connectivity index (χ4n) is 2.26. The molecular weight excluding hydrogens is 186 g/mol. The van der Waals surface area contributed by atoms with Crippen molar-refractivity contribution in [1.82, 2.24) is 0 Å². The smallest absolute Gasteiger partial charge is 0.303 e. The lowest BCUT2D eigenvalue weighted by Crippen LogP contribution is -2.38. The van der Waals surface area contributed by atoms with E-state index in [0.29, 0.717) is 6.42 Å². The summed E-state index contributed by atoms with van der Waals surface area (Å²) in [6.07, 6.45) is 2.19. The summed E-state index contributed by atoms with van der Waals surface area (Å²) in [5, 5.41) is 19.4. The van der Waals surface area contributed by atoms with Gasteiger partial charge in [-0.1, -0.05) is 6.92 Å². The van der Waals surface area contributed by atoms with Gasteiger partial charge in [0.2, 0.25) is 6.04 Å². The van der Waals surface area contributed by atoms with Crippen LogP contribution in [-0.4, -0.2) is 22.0 Å². The normalized spacial score (nSPS) is 32.5. The summed E-state index contributed by atoms with van der Waals surface area (Å²) in [4.78, 5) is 20.9. The summed E-state index contributed by atoms with van der Waals surface area (Å²) in [6, 6.07) is -0.658. The Balaban J connectivity index is 2.70. The highest BCUT2D eigenvalue weighted by atomic mass is 16.6. The van der Waals surface area contributed by atoms with Crippen LogP contribution >= 0.6 is 0 Å². The molecule has 3 atom stereocenters. The van der Waals surface area contributed by atoms with Crippen LogP contribution in [0.1, 0.15) is 32.6 Å². The molecule has 1 rings (SSSR count). The summed E-state index contributed by atoms with van der Waals surface area (Å²) in [5.41, 5.74) is 0. The average Bonchev–Trinajstić information content (AvgIpc) is 2.07. The number of hydrogen-bond donors (Lipinski definition) is 1. The zero-order valence-electron chi connectivity index (χ0n) is 8.18. The third-order valence-corrected chi connectivity index (χ3v) is 3.07. The fourth-order valence-corrected chi connectivity index (χ4v) is 2.26. The molecule has 0 amide bonds. The molecule has 0 aliphatic heterocycles. The Morgan fingerprint density at radius 2 is 2.21 bits per heavy atom. The van der Waals surface area contributed by atoms with Gasteiger partial charge in [-0.3, -0.25) is 14.9 Å². The largest absolute Gasteiger partial charge is 0.481 e. The van der Waals surface area contributed by atoms with Crippen LogP contribution in [0.25, 0.3) is 0 Å². The first-order chi connectivity index (χ1) is 6.52. The molecule has 14 heavy (non-hydrogen) atoms. The van der Waals surface area contributed by atoms with Gasteiger partial charge in [-0.2, -0.15) is 0 Å². The van der Waals surface area contributed by atoms with E-state index < -0.39 is 12.0 Å². The Bertz CT molecular complexity index is 241. The fraction of sp³-hybridized carbons (Fsp3) is 0.889. The van der Waals surface area contributed by atoms with E-state index in [9.17, 15) is 14.9 Å². The van der Waals surface area contributed by atoms with E-state index in [1.807, 2.05) is 6.92 Å². The first kappa shape index (κ1) is 10.9. The molecule has 0 spiro atoms. The predicted octanol–water partition coefficient (Wildman–Crippen LogP) is 1.54. The van der Waals surface area contributed by atoms with Crippen LogP contribution in [0, 0.1) is 22.0 Å². The van der Waals surface area contributed by atoms with Gasteiger partial charge < -0.3 is 5.11 Å². The molecule has 5 heteroatoms. The van der Waals surface area contributed by atoms with E-state index in [-0.39, 0.29) is 23.2 Å². The van der Waals surface area contributed by atoms with Gasteiger partial charge in [0, 0.05) is 17.3 Å². The van der Waals surface area contributed by atoms with Gasteiger partial charge in [0.25, 0.3) is 0 Å². The van der Waals surface area contributed by atoms with E-state index in [0.717, 1.165) is 12.8 Å². The molecular formula is C9H15NO4. The van der Waals surface area contributed by atoms with Gasteiger partial charge in [0.05, 0.1) is 6.42 Å². The summed E-state index contributed by atoms with van der Waals surface area (Å²) in [5.74, 6) is -1.08. The maximum absolute atomic E-state index is 10.7. The predicted molar refractivity (Wildman–Crippen MR) is 49.5 cm³/mol. The maximum Gasteiger partial charge on any atom is 0.303 e. The van der Waals surface area contributed by atoms with Gasteiger partial charge >= 0.3 is 5.97 Å². The molecule has 5 nitrogen and oxygen atoms in total. The lowest BCUT2D eigenvalue weighted by molar-refractivity contribution is -0.537. The Morgan fingerprint density at radius 3 is 2.71 bits per heavy atom. The molecule has 0 bridgehead atoms. The average molecular weight is 201 g/mol. The van der Waals surface area contributed by atoms with Gasteiger partial charge in [0.15, 0.2) is 0 Å². The van der Waals surface area contributed by atoms with Crippen molar-refractivity contribution in [3.05, 3.63) is 10.1 Å². The number of carbonyl (C=O) groups is 1. The SMILES string of the molecule is C[C@@H]1CCC[C@@H]([N+](=O)[O-])[C@@H]1CC(=O)O. The van der Waals surface area contributed by atoms with Gasteiger partial charge in [-0.15, -0.1) is 0 Å². The minimum atomic E-state index is -0.935. The van der Waals surface area contributed by atoms with Crippen molar-refractivity contribution in [2.24, 2.45) is 11.8 Å². The monoisotopic (exact) mass is 201 g/mol. The zero-order chi connectivity index (χ0) is 10.7. The number of aliphatic carboxylic acids is 1. The number of nitrogens with zero attached hydrogens (tertiary/aromatic N) is 1. The lowest BCUT2D eigenvalue weighted by atomic mass is 9.75. The molecule has 1 saturated carbocycles. The van der Waals surface area contributed by atoms with Crippen LogP contribution in [-0.2, 0) is 4.79 Å². The van der Waals surface area contributed by atoms with Crippen LogP contribution in [0.4, 0.5) is 0 Å². The van der Waals surface area contributed by atoms with E-state index >= 15 is 0 Å². The standard InChI is InChI=1S/C9H15NO4/c1-6-3-2-4-8(10(13)14)7(6)5-9(11)12/h6-8H,2-5H2,1H3,(H,11,12)/t6-,7-,8-/m1/s1. The quantitative estimate of drug-likeness (QED) is 0.554. The van der Waals surface area contributed by atoms with Crippen molar-refractivity contribution in [2.45, 2.75) is 38.6 Å². The number of carboxylic acids is 1. The zero-order valence-corrected chi connectivity index (χ0v) is 8.18. The molecule has 80 valence electrons. The second-order valence-electron chi connectivity index (χ2n) is 4.02. The molecule has 0 heterocycles.